The molecule has 1 aromatic carbocycles. The molecule has 22 heavy (non-hydrogen) atoms. The fourth-order valence-electron chi connectivity index (χ4n) is 2.03. The summed E-state index contributed by atoms with van der Waals surface area (Å²) in [5.74, 6) is 0.770. The normalized spacial score (nSPS) is 10.3. The fraction of sp³-hybridized carbons (Fsp3) is 0.267. The summed E-state index contributed by atoms with van der Waals surface area (Å²) in [5, 5.41) is 10.9. The predicted octanol–water partition coefficient (Wildman–Crippen LogP) is 3.17. The van der Waals surface area contributed by atoms with Crippen LogP contribution in [0.2, 0.25) is 0 Å². The number of nitro benzene ring substituents is 1. The molecule has 1 aromatic heterocycles. The second kappa shape index (κ2) is 6.30. The Morgan fingerprint density at radius 1 is 1.36 bits per heavy atom. The third-order valence-corrected chi connectivity index (χ3v) is 3.20. The first-order valence-electron chi connectivity index (χ1n) is 6.48. The third kappa shape index (κ3) is 3.08. The molecule has 116 valence electrons. The van der Waals surface area contributed by atoms with Crippen LogP contribution >= 0.6 is 0 Å². The molecule has 0 saturated heterocycles. The molecule has 7 heteroatoms. The van der Waals surface area contributed by atoms with Gasteiger partial charge in [-0.2, -0.15) is 0 Å². The number of benzene rings is 1. The number of ether oxygens (including phenoxy) is 2. The van der Waals surface area contributed by atoms with Gasteiger partial charge in [-0.15, -0.1) is 0 Å². The van der Waals surface area contributed by atoms with E-state index in [2.05, 4.69) is 4.74 Å². The number of carbonyl (C=O) groups excluding carboxylic acids is 1. The number of nitrogens with zero attached hydrogens (tertiary/aromatic N) is 1. The van der Waals surface area contributed by atoms with Crippen molar-refractivity contribution in [1.82, 2.24) is 0 Å². The molecule has 0 radical (unpaired) electrons. The molecule has 0 aliphatic rings. The van der Waals surface area contributed by atoms with E-state index < -0.39 is 10.9 Å². The van der Waals surface area contributed by atoms with Gasteiger partial charge in [-0.3, -0.25) is 10.1 Å². The smallest absolute Gasteiger partial charge is 0.341 e. The van der Waals surface area contributed by atoms with E-state index >= 15 is 0 Å². The maximum Gasteiger partial charge on any atom is 0.341 e. The Balaban J connectivity index is 2.16. The highest BCUT2D eigenvalue weighted by atomic mass is 16.6. The summed E-state index contributed by atoms with van der Waals surface area (Å²) in [6.45, 7) is 3.31. The monoisotopic (exact) mass is 305 g/mol. The van der Waals surface area contributed by atoms with E-state index in [-0.39, 0.29) is 12.3 Å². The summed E-state index contributed by atoms with van der Waals surface area (Å²) in [6, 6.07) is 6.13. The highest BCUT2D eigenvalue weighted by molar-refractivity contribution is 5.90. The van der Waals surface area contributed by atoms with Crippen molar-refractivity contribution in [1.29, 1.82) is 0 Å². The van der Waals surface area contributed by atoms with Crippen molar-refractivity contribution in [3.8, 4) is 5.75 Å². The van der Waals surface area contributed by atoms with Gasteiger partial charge in [0, 0.05) is 6.07 Å². The Labute approximate surface area is 126 Å². The molecule has 0 unspecified atom stereocenters. The van der Waals surface area contributed by atoms with Crippen molar-refractivity contribution in [2.24, 2.45) is 0 Å². The minimum Gasteiger partial charge on any atom is -0.485 e. The van der Waals surface area contributed by atoms with E-state index in [9.17, 15) is 14.9 Å². The largest absolute Gasteiger partial charge is 0.485 e. The van der Waals surface area contributed by atoms with Gasteiger partial charge in [0.1, 0.15) is 29.4 Å². The van der Waals surface area contributed by atoms with Crippen molar-refractivity contribution in [2.45, 2.75) is 20.5 Å². The Kier molecular flexibility index (Phi) is 4.45. The molecule has 0 saturated carbocycles. The van der Waals surface area contributed by atoms with Crippen LogP contribution in [0.3, 0.4) is 0 Å². The predicted molar refractivity (Wildman–Crippen MR) is 76.9 cm³/mol. The summed E-state index contributed by atoms with van der Waals surface area (Å²) >= 11 is 0. The molecule has 0 bridgehead atoms. The maximum atomic E-state index is 11.5. The minimum atomic E-state index is -0.487. The second-order valence-electron chi connectivity index (χ2n) is 4.62. The summed E-state index contributed by atoms with van der Waals surface area (Å²) in [6.07, 6.45) is 0. The van der Waals surface area contributed by atoms with Crippen LogP contribution in [0.25, 0.3) is 0 Å². The molecule has 0 aliphatic heterocycles. The molecular formula is C15H15NO6. The maximum absolute atomic E-state index is 11.5. The lowest BCUT2D eigenvalue weighted by molar-refractivity contribution is -0.385. The van der Waals surface area contributed by atoms with Gasteiger partial charge < -0.3 is 13.9 Å². The Morgan fingerprint density at radius 2 is 2.09 bits per heavy atom. The molecule has 0 fully saturated rings. The van der Waals surface area contributed by atoms with Crippen LogP contribution in [0.5, 0.6) is 5.75 Å². The second-order valence-corrected chi connectivity index (χ2v) is 4.62. The fourth-order valence-corrected chi connectivity index (χ4v) is 2.03. The summed E-state index contributed by atoms with van der Waals surface area (Å²) < 4.78 is 15.6. The average Bonchev–Trinajstić information content (AvgIpc) is 2.86. The Hall–Kier alpha value is -2.83. The number of carbonyl (C=O) groups is 1. The quantitative estimate of drug-likeness (QED) is 0.478. The Morgan fingerprint density at radius 3 is 2.73 bits per heavy atom. The first-order chi connectivity index (χ1) is 10.4. The number of esters is 1. The zero-order valence-corrected chi connectivity index (χ0v) is 12.4. The molecular weight excluding hydrogens is 290 g/mol. The first kappa shape index (κ1) is 15.6. The number of nitro groups is 1. The van der Waals surface area contributed by atoms with Gasteiger partial charge in [0.05, 0.1) is 17.6 Å². The zero-order chi connectivity index (χ0) is 16.3. The van der Waals surface area contributed by atoms with Gasteiger partial charge in [-0.1, -0.05) is 6.07 Å². The number of furan rings is 1. The van der Waals surface area contributed by atoms with Gasteiger partial charge in [0.25, 0.3) is 5.69 Å². The molecule has 2 rings (SSSR count). The third-order valence-electron chi connectivity index (χ3n) is 3.20. The topological polar surface area (TPSA) is 91.8 Å². The van der Waals surface area contributed by atoms with Crippen molar-refractivity contribution >= 4 is 11.7 Å². The van der Waals surface area contributed by atoms with Crippen LogP contribution in [0.15, 0.2) is 28.7 Å². The van der Waals surface area contributed by atoms with Crippen molar-refractivity contribution in [3.05, 3.63) is 57.0 Å². The van der Waals surface area contributed by atoms with Crippen LogP contribution in [0, 0.1) is 24.0 Å². The van der Waals surface area contributed by atoms with Crippen LogP contribution in [0.4, 0.5) is 5.69 Å². The van der Waals surface area contributed by atoms with E-state index in [0.717, 1.165) is 0 Å². The lowest BCUT2D eigenvalue weighted by Gasteiger charge is -2.07. The van der Waals surface area contributed by atoms with Crippen molar-refractivity contribution in [3.63, 3.8) is 0 Å². The van der Waals surface area contributed by atoms with Crippen molar-refractivity contribution in [2.75, 3.05) is 7.11 Å². The van der Waals surface area contributed by atoms with Crippen LogP contribution in [-0.2, 0) is 11.3 Å². The number of rotatable bonds is 5. The minimum absolute atomic E-state index is 0.0108. The number of methoxy groups -OCH3 is 1. The summed E-state index contributed by atoms with van der Waals surface area (Å²) in [5.41, 5.74) is 0.754. The van der Waals surface area contributed by atoms with E-state index in [4.69, 9.17) is 9.15 Å². The van der Waals surface area contributed by atoms with Gasteiger partial charge in [0.15, 0.2) is 0 Å². The molecule has 0 aliphatic carbocycles. The van der Waals surface area contributed by atoms with Gasteiger partial charge >= 0.3 is 5.97 Å². The molecule has 0 N–H and O–H groups in total. The lowest BCUT2D eigenvalue weighted by atomic mass is 10.2. The van der Waals surface area contributed by atoms with Crippen LogP contribution in [-0.4, -0.2) is 18.0 Å². The number of aryl methyl sites for hydroxylation is 1. The average molecular weight is 305 g/mol. The zero-order valence-electron chi connectivity index (χ0n) is 12.4. The van der Waals surface area contributed by atoms with E-state index in [1.807, 2.05) is 0 Å². The molecule has 1 heterocycles. The van der Waals surface area contributed by atoms with E-state index in [1.54, 1.807) is 26.0 Å². The van der Waals surface area contributed by atoms with Crippen LogP contribution < -0.4 is 4.74 Å². The number of hydrogen-bond acceptors (Lipinski definition) is 6. The van der Waals surface area contributed by atoms with E-state index in [1.165, 1.54) is 19.2 Å². The van der Waals surface area contributed by atoms with Gasteiger partial charge in [0.2, 0.25) is 0 Å². The summed E-state index contributed by atoms with van der Waals surface area (Å²) in [7, 11) is 1.29. The summed E-state index contributed by atoms with van der Waals surface area (Å²) in [4.78, 5) is 21.9. The highest BCUT2D eigenvalue weighted by Gasteiger charge is 2.17. The van der Waals surface area contributed by atoms with Crippen LogP contribution in [0.1, 0.15) is 27.4 Å². The highest BCUT2D eigenvalue weighted by Crippen LogP contribution is 2.28. The molecule has 0 atom stereocenters. The Bertz CT molecular complexity index is 719. The standard InChI is InChI=1S/C15H15NO6/c1-9-13(16(18)19)5-4-6-14(9)21-8-11-7-12(10(2)22-11)15(17)20-3/h4-7H,8H2,1-3H3. The SMILES string of the molecule is COC(=O)c1cc(COc2cccc([N+](=O)[O-])c2C)oc1C. The molecule has 7 nitrogen and oxygen atoms in total. The van der Waals surface area contributed by atoms with E-state index in [0.29, 0.717) is 28.4 Å². The molecule has 2 aromatic rings. The first-order valence-corrected chi connectivity index (χ1v) is 6.48. The van der Waals surface area contributed by atoms with Gasteiger partial charge in [-0.25, -0.2) is 4.79 Å². The van der Waals surface area contributed by atoms with Gasteiger partial charge in [-0.05, 0) is 26.0 Å². The molecule has 0 spiro atoms. The number of hydrogen-bond donors (Lipinski definition) is 0. The lowest BCUT2D eigenvalue weighted by Crippen LogP contribution is -2.01. The van der Waals surface area contributed by atoms with Crippen molar-refractivity contribution < 1.29 is 23.6 Å². The molecule has 0 amide bonds.